The highest BCUT2D eigenvalue weighted by Gasteiger charge is 2.68. The maximum absolute atomic E-state index is 12.3. The molecule has 1 aliphatic heterocycles. The van der Waals surface area contributed by atoms with Crippen molar-refractivity contribution in [2.24, 2.45) is 5.41 Å². The molecule has 1 aliphatic carbocycles. The molecule has 25 heavy (non-hydrogen) atoms. The fraction of sp³-hybridized carbons (Fsp3) is 0.611. The Bertz CT molecular complexity index is 615. The van der Waals surface area contributed by atoms with Crippen molar-refractivity contribution in [1.82, 2.24) is 10.2 Å². The molecule has 3 rings (SSSR count). The lowest BCUT2D eigenvalue weighted by Gasteiger charge is -2.32. The lowest BCUT2D eigenvalue weighted by molar-refractivity contribution is -0.126. The summed E-state index contributed by atoms with van der Waals surface area (Å²) >= 11 is 18.0. The molecule has 2 aliphatic rings. The first-order chi connectivity index (χ1) is 11.8. The summed E-state index contributed by atoms with van der Waals surface area (Å²) in [6.07, 6.45) is 2.39. The highest BCUT2D eigenvalue weighted by molar-refractivity contribution is 6.53. The summed E-state index contributed by atoms with van der Waals surface area (Å²) in [5.74, 6) is 0.803. The average molecular weight is 406 g/mol. The van der Waals surface area contributed by atoms with E-state index in [1.807, 2.05) is 31.2 Å². The quantitative estimate of drug-likeness (QED) is 0.730. The first kappa shape index (κ1) is 19.1. The number of halogens is 3. The van der Waals surface area contributed by atoms with Crippen molar-refractivity contribution < 1.29 is 9.53 Å². The molecule has 1 unspecified atom stereocenters. The van der Waals surface area contributed by atoms with Gasteiger partial charge in [0, 0.05) is 30.7 Å². The molecule has 1 saturated heterocycles. The minimum atomic E-state index is -0.906. The fourth-order valence-electron chi connectivity index (χ4n) is 3.12. The summed E-state index contributed by atoms with van der Waals surface area (Å²) in [5.41, 5.74) is -0.639. The van der Waals surface area contributed by atoms with Crippen molar-refractivity contribution in [1.29, 1.82) is 0 Å². The average Bonchev–Trinajstić information content (AvgIpc) is 3.10. The van der Waals surface area contributed by atoms with Gasteiger partial charge in [0.2, 0.25) is 5.91 Å². The Morgan fingerprint density at radius 3 is 2.44 bits per heavy atom. The predicted octanol–water partition coefficient (Wildman–Crippen LogP) is 3.88. The van der Waals surface area contributed by atoms with Crippen molar-refractivity contribution in [2.75, 3.05) is 26.2 Å². The van der Waals surface area contributed by atoms with Gasteiger partial charge in [-0.2, -0.15) is 0 Å². The van der Waals surface area contributed by atoms with Crippen LogP contribution in [0.5, 0.6) is 5.75 Å². The topological polar surface area (TPSA) is 41.6 Å². The Labute approximate surface area is 163 Å². The second-order valence-corrected chi connectivity index (χ2v) is 9.03. The first-order valence-electron chi connectivity index (χ1n) is 8.60. The molecule has 2 fully saturated rings. The maximum Gasteiger partial charge on any atom is 0.229 e. The van der Waals surface area contributed by atoms with Gasteiger partial charge in [0.1, 0.15) is 16.7 Å². The van der Waals surface area contributed by atoms with Gasteiger partial charge in [-0.25, -0.2) is 0 Å². The molecule has 1 atom stereocenters. The second-order valence-electron chi connectivity index (χ2n) is 7.11. The zero-order valence-electron chi connectivity index (χ0n) is 14.2. The molecule has 1 aromatic carbocycles. The van der Waals surface area contributed by atoms with Crippen LogP contribution in [0.1, 0.15) is 26.2 Å². The molecule has 0 aromatic heterocycles. The summed E-state index contributed by atoms with van der Waals surface area (Å²) in [4.78, 5) is 14.7. The highest BCUT2D eigenvalue weighted by atomic mass is 35.5. The number of carbonyl (C=O) groups is 1. The first-order valence-corrected chi connectivity index (χ1v) is 9.73. The molecule has 1 saturated carbocycles. The summed E-state index contributed by atoms with van der Waals surface area (Å²) in [6.45, 7) is 5.22. The van der Waals surface area contributed by atoms with Gasteiger partial charge >= 0.3 is 0 Å². The van der Waals surface area contributed by atoms with Gasteiger partial charge in [0.25, 0.3) is 0 Å². The Hall–Kier alpha value is -0.680. The number of ether oxygens (including phenoxy) is 1. The van der Waals surface area contributed by atoms with E-state index in [-0.39, 0.29) is 11.9 Å². The van der Waals surface area contributed by atoms with Crippen molar-refractivity contribution in [3.63, 3.8) is 0 Å². The summed E-state index contributed by atoms with van der Waals surface area (Å²) < 4.78 is 4.83. The number of piperidine rings is 1. The number of nitrogens with zero attached hydrogens (tertiary/aromatic N) is 1. The number of hydrogen-bond acceptors (Lipinski definition) is 3. The van der Waals surface area contributed by atoms with E-state index >= 15 is 0 Å². The molecule has 4 nitrogen and oxygen atoms in total. The third kappa shape index (κ3) is 4.54. The van der Waals surface area contributed by atoms with Crippen molar-refractivity contribution in [3.05, 3.63) is 29.3 Å². The number of nitrogens with one attached hydrogen (secondary N) is 1. The van der Waals surface area contributed by atoms with Crippen LogP contribution in [0.25, 0.3) is 0 Å². The smallest absolute Gasteiger partial charge is 0.229 e. The van der Waals surface area contributed by atoms with Gasteiger partial charge in [-0.15, -0.1) is 23.2 Å². The van der Waals surface area contributed by atoms with E-state index in [4.69, 9.17) is 39.5 Å². The number of rotatable bonds is 6. The van der Waals surface area contributed by atoms with Crippen molar-refractivity contribution in [2.45, 2.75) is 36.6 Å². The van der Waals surface area contributed by atoms with Crippen LogP contribution >= 0.6 is 34.8 Å². The highest BCUT2D eigenvalue weighted by Crippen LogP contribution is 2.63. The molecule has 1 N–H and O–H groups in total. The molecule has 7 heteroatoms. The largest absolute Gasteiger partial charge is 0.492 e. The monoisotopic (exact) mass is 404 g/mol. The molecule has 0 radical (unpaired) electrons. The van der Waals surface area contributed by atoms with Crippen LogP contribution in [0, 0.1) is 5.41 Å². The Morgan fingerprint density at radius 1 is 1.28 bits per heavy atom. The summed E-state index contributed by atoms with van der Waals surface area (Å²) in [7, 11) is 0. The fourth-order valence-corrected chi connectivity index (χ4v) is 3.95. The van der Waals surface area contributed by atoms with Gasteiger partial charge < -0.3 is 10.1 Å². The standard InChI is InChI=1S/C18H23Cl3N2O2/c1-17(12-18(17,20)21)16(24)22-14-6-8-23(9-7-14)10-11-25-15-4-2-13(19)3-5-15/h2-5,14H,6-12H2,1H3,(H,22,24). The minimum absolute atomic E-state index is 0.0259. The van der Waals surface area contributed by atoms with Crippen molar-refractivity contribution >= 4 is 40.7 Å². The van der Waals surface area contributed by atoms with E-state index < -0.39 is 9.75 Å². The van der Waals surface area contributed by atoms with Gasteiger partial charge in [-0.1, -0.05) is 11.6 Å². The number of carbonyl (C=O) groups excluding carboxylic acids is 1. The van der Waals surface area contributed by atoms with Crippen LogP contribution in [0.3, 0.4) is 0 Å². The SMILES string of the molecule is CC1(C(=O)NC2CCN(CCOc3ccc(Cl)cc3)CC2)CC1(Cl)Cl. The Morgan fingerprint density at radius 2 is 1.88 bits per heavy atom. The maximum atomic E-state index is 12.3. The van der Waals surface area contributed by atoms with E-state index in [0.29, 0.717) is 18.1 Å². The van der Waals surface area contributed by atoms with Gasteiger partial charge in [-0.05, 0) is 50.5 Å². The molecule has 1 amide bonds. The van der Waals surface area contributed by atoms with E-state index in [1.54, 1.807) is 0 Å². The van der Waals surface area contributed by atoms with Crippen LogP contribution in [-0.2, 0) is 4.79 Å². The molecule has 0 bridgehead atoms. The van der Waals surface area contributed by atoms with Gasteiger partial charge in [0.15, 0.2) is 0 Å². The Balaban J connectivity index is 1.35. The summed E-state index contributed by atoms with van der Waals surface area (Å²) in [5, 5.41) is 3.81. The van der Waals surface area contributed by atoms with Gasteiger partial charge in [-0.3, -0.25) is 9.69 Å². The predicted molar refractivity (Wildman–Crippen MR) is 102 cm³/mol. The number of alkyl halides is 2. The van der Waals surface area contributed by atoms with E-state index in [0.717, 1.165) is 38.2 Å². The van der Waals surface area contributed by atoms with Crippen LogP contribution < -0.4 is 10.1 Å². The lowest BCUT2D eigenvalue weighted by atomic mass is 10.0. The lowest BCUT2D eigenvalue weighted by Crippen LogP contribution is -2.47. The van der Waals surface area contributed by atoms with Crippen molar-refractivity contribution in [3.8, 4) is 5.75 Å². The minimum Gasteiger partial charge on any atom is -0.492 e. The third-order valence-corrected chi connectivity index (χ3v) is 6.53. The molecular formula is C18H23Cl3N2O2. The number of hydrogen-bond donors (Lipinski definition) is 1. The van der Waals surface area contributed by atoms with Crippen LogP contribution in [0.4, 0.5) is 0 Å². The zero-order chi connectivity index (χ0) is 18.1. The normalized spacial score (nSPS) is 26.2. The molecule has 1 heterocycles. The van der Waals surface area contributed by atoms with Crippen LogP contribution in [0.2, 0.25) is 5.02 Å². The second kappa shape index (κ2) is 7.51. The number of amides is 1. The zero-order valence-corrected chi connectivity index (χ0v) is 16.5. The molecule has 138 valence electrons. The number of likely N-dealkylation sites (tertiary alicyclic amines) is 1. The van der Waals surface area contributed by atoms with E-state index in [1.165, 1.54) is 0 Å². The third-order valence-electron chi connectivity index (χ3n) is 5.17. The molecule has 1 aromatic rings. The Kier molecular flexibility index (Phi) is 5.74. The van der Waals surface area contributed by atoms with E-state index in [9.17, 15) is 4.79 Å². The molecule has 0 spiro atoms. The van der Waals surface area contributed by atoms with Crippen LogP contribution in [-0.4, -0.2) is 47.4 Å². The van der Waals surface area contributed by atoms with Crippen LogP contribution in [0.15, 0.2) is 24.3 Å². The summed E-state index contributed by atoms with van der Waals surface area (Å²) in [6, 6.07) is 7.58. The van der Waals surface area contributed by atoms with Gasteiger partial charge in [0.05, 0.1) is 5.41 Å². The van der Waals surface area contributed by atoms with E-state index in [2.05, 4.69) is 10.2 Å². The number of benzene rings is 1. The molecular weight excluding hydrogens is 383 g/mol.